The highest BCUT2D eigenvalue weighted by Gasteiger charge is 2.42. The summed E-state index contributed by atoms with van der Waals surface area (Å²) >= 11 is 0. The number of furan rings is 1. The number of carbonyl (C=O) groups excluding carboxylic acids is 2. The molecule has 2 aromatic rings. The summed E-state index contributed by atoms with van der Waals surface area (Å²) in [5, 5.41) is 13.9. The molecule has 0 saturated heterocycles. The molecule has 0 bridgehead atoms. The molecule has 3 rings (SSSR count). The molecular weight excluding hydrogens is 315 g/mol. The van der Waals surface area contributed by atoms with Gasteiger partial charge in [-0.1, -0.05) is 0 Å². The van der Waals surface area contributed by atoms with Gasteiger partial charge in [-0.3, -0.25) is 9.59 Å². The smallest absolute Gasteiger partial charge is 0.313 e. The number of hydrogen-bond acceptors (Lipinski definition) is 4. The summed E-state index contributed by atoms with van der Waals surface area (Å²) < 4.78 is 19.1. The first-order valence-corrected chi connectivity index (χ1v) is 7.56. The summed E-state index contributed by atoms with van der Waals surface area (Å²) in [5.41, 5.74) is 0.169. The predicted molar refractivity (Wildman–Crippen MR) is 84.5 cm³/mol. The quantitative estimate of drug-likeness (QED) is 0.730. The summed E-state index contributed by atoms with van der Waals surface area (Å²) in [7, 11) is 0. The lowest BCUT2D eigenvalue weighted by Crippen LogP contribution is -2.39. The lowest BCUT2D eigenvalue weighted by molar-refractivity contribution is -0.136. The zero-order valence-electron chi connectivity index (χ0n) is 12.8. The van der Waals surface area contributed by atoms with Crippen molar-refractivity contribution in [3.63, 3.8) is 0 Å². The number of rotatable bonds is 5. The number of aliphatic hydroxyl groups excluding tert-OH is 1. The first-order valence-electron chi connectivity index (χ1n) is 7.56. The fourth-order valence-corrected chi connectivity index (χ4v) is 2.31. The van der Waals surface area contributed by atoms with E-state index in [2.05, 4.69) is 10.6 Å². The highest BCUT2D eigenvalue weighted by atomic mass is 19.1. The van der Waals surface area contributed by atoms with Crippen molar-refractivity contribution in [1.29, 1.82) is 0 Å². The monoisotopic (exact) mass is 332 g/mol. The second kappa shape index (κ2) is 6.45. The lowest BCUT2D eigenvalue weighted by atomic mass is 10.1. The lowest BCUT2D eigenvalue weighted by Gasteiger charge is -2.13. The third-order valence-electron chi connectivity index (χ3n) is 4.14. The van der Waals surface area contributed by atoms with Crippen LogP contribution in [-0.4, -0.2) is 30.1 Å². The van der Waals surface area contributed by atoms with E-state index >= 15 is 0 Å². The van der Waals surface area contributed by atoms with Crippen LogP contribution in [0.2, 0.25) is 0 Å². The third kappa shape index (κ3) is 3.46. The van der Waals surface area contributed by atoms with E-state index in [-0.39, 0.29) is 24.3 Å². The molecule has 7 heteroatoms. The highest BCUT2D eigenvalue weighted by Crippen LogP contribution is 2.44. The molecule has 1 heterocycles. The minimum absolute atomic E-state index is 0.0330. The topological polar surface area (TPSA) is 91.6 Å². The van der Waals surface area contributed by atoms with E-state index in [1.54, 1.807) is 12.1 Å². The average Bonchev–Trinajstić information content (AvgIpc) is 3.16. The van der Waals surface area contributed by atoms with Crippen LogP contribution in [-0.2, 0) is 9.59 Å². The van der Waals surface area contributed by atoms with Crippen molar-refractivity contribution in [2.75, 3.05) is 18.5 Å². The average molecular weight is 332 g/mol. The predicted octanol–water partition coefficient (Wildman–Crippen LogP) is 1.91. The second-order valence-corrected chi connectivity index (χ2v) is 5.97. The van der Waals surface area contributed by atoms with Gasteiger partial charge in [0, 0.05) is 17.5 Å². The van der Waals surface area contributed by atoms with Gasteiger partial charge in [-0.05, 0) is 43.2 Å². The van der Waals surface area contributed by atoms with Crippen LogP contribution >= 0.6 is 0 Å². The van der Waals surface area contributed by atoms with Crippen LogP contribution in [0.1, 0.15) is 12.8 Å². The van der Waals surface area contributed by atoms with Crippen molar-refractivity contribution in [3.05, 3.63) is 42.4 Å². The molecule has 24 heavy (non-hydrogen) atoms. The van der Waals surface area contributed by atoms with Gasteiger partial charge < -0.3 is 20.2 Å². The molecule has 1 saturated carbocycles. The Balaban J connectivity index is 1.65. The van der Waals surface area contributed by atoms with E-state index in [1.165, 1.54) is 24.5 Å². The van der Waals surface area contributed by atoms with Crippen molar-refractivity contribution >= 4 is 17.5 Å². The van der Waals surface area contributed by atoms with Crippen LogP contribution in [0.15, 0.2) is 41.0 Å². The number of nitrogens with one attached hydrogen (secondary N) is 2. The van der Waals surface area contributed by atoms with Crippen LogP contribution in [0.5, 0.6) is 0 Å². The van der Waals surface area contributed by atoms with Crippen LogP contribution in [0.25, 0.3) is 11.3 Å². The number of anilines is 1. The summed E-state index contributed by atoms with van der Waals surface area (Å²) in [6.45, 7) is 0.194. The number of benzene rings is 1. The van der Waals surface area contributed by atoms with E-state index in [0.29, 0.717) is 11.3 Å². The number of amides is 2. The zero-order valence-corrected chi connectivity index (χ0v) is 12.8. The first kappa shape index (κ1) is 16.2. The Morgan fingerprint density at radius 3 is 2.67 bits per heavy atom. The number of hydrogen-bond donors (Lipinski definition) is 3. The molecule has 1 aromatic carbocycles. The molecule has 0 aliphatic heterocycles. The summed E-state index contributed by atoms with van der Waals surface area (Å²) in [5.74, 6) is -1.95. The summed E-state index contributed by atoms with van der Waals surface area (Å²) in [6.07, 6.45) is 3.11. The molecule has 6 nitrogen and oxygen atoms in total. The molecule has 1 fully saturated rings. The van der Waals surface area contributed by atoms with Crippen LogP contribution in [0.4, 0.5) is 10.1 Å². The Morgan fingerprint density at radius 2 is 2.04 bits per heavy atom. The zero-order chi connectivity index (χ0) is 17.2. The SMILES string of the molecule is O=C(NCC1(CO)CC1)C(=O)Nc1cc(-c2ccco2)ccc1F. The third-order valence-corrected chi connectivity index (χ3v) is 4.14. The number of aliphatic hydroxyl groups is 1. The van der Waals surface area contributed by atoms with E-state index in [9.17, 15) is 19.1 Å². The Labute approximate surface area is 137 Å². The van der Waals surface area contributed by atoms with Crippen molar-refractivity contribution in [3.8, 4) is 11.3 Å². The van der Waals surface area contributed by atoms with E-state index < -0.39 is 17.6 Å². The van der Waals surface area contributed by atoms with Crippen molar-refractivity contribution in [1.82, 2.24) is 5.32 Å². The Morgan fingerprint density at radius 1 is 1.25 bits per heavy atom. The molecule has 126 valence electrons. The van der Waals surface area contributed by atoms with Crippen molar-refractivity contribution < 1.29 is 23.5 Å². The standard InChI is InChI=1S/C17H17FN2O4/c18-12-4-3-11(14-2-1-7-24-14)8-13(12)20-16(23)15(22)19-9-17(10-21)5-6-17/h1-4,7-8,21H,5-6,9-10H2,(H,19,22)(H,20,23). The van der Waals surface area contributed by atoms with Gasteiger partial charge in [-0.2, -0.15) is 0 Å². The van der Waals surface area contributed by atoms with Gasteiger partial charge in [0.2, 0.25) is 0 Å². The Bertz CT molecular complexity index is 754. The molecular formula is C17H17FN2O4. The number of halogens is 1. The van der Waals surface area contributed by atoms with Gasteiger partial charge >= 0.3 is 11.8 Å². The van der Waals surface area contributed by atoms with Gasteiger partial charge in [0.25, 0.3) is 0 Å². The molecule has 0 radical (unpaired) electrons. The van der Waals surface area contributed by atoms with Crippen molar-refractivity contribution in [2.24, 2.45) is 5.41 Å². The molecule has 3 N–H and O–H groups in total. The molecule has 1 aromatic heterocycles. The molecule has 1 aliphatic carbocycles. The van der Waals surface area contributed by atoms with E-state index in [0.717, 1.165) is 12.8 Å². The summed E-state index contributed by atoms with van der Waals surface area (Å²) in [6, 6.07) is 7.50. The van der Waals surface area contributed by atoms with Gasteiger partial charge in [0.1, 0.15) is 11.6 Å². The maximum atomic E-state index is 13.9. The molecule has 0 spiro atoms. The van der Waals surface area contributed by atoms with E-state index in [1.807, 2.05) is 0 Å². The molecule has 2 amide bonds. The number of carbonyl (C=O) groups is 2. The highest BCUT2D eigenvalue weighted by molar-refractivity contribution is 6.39. The summed E-state index contributed by atoms with van der Waals surface area (Å²) in [4.78, 5) is 23.7. The second-order valence-electron chi connectivity index (χ2n) is 5.97. The normalized spacial score (nSPS) is 14.9. The maximum absolute atomic E-state index is 13.9. The van der Waals surface area contributed by atoms with Crippen LogP contribution < -0.4 is 10.6 Å². The van der Waals surface area contributed by atoms with Crippen LogP contribution in [0.3, 0.4) is 0 Å². The van der Waals surface area contributed by atoms with E-state index in [4.69, 9.17) is 4.42 Å². The van der Waals surface area contributed by atoms with Crippen molar-refractivity contribution in [2.45, 2.75) is 12.8 Å². The maximum Gasteiger partial charge on any atom is 0.313 e. The van der Waals surface area contributed by atoms with Gasteiger partial charge in [0.05, 0.1) is 18.6 Å². The Hall–Kier alpha value is -2.67. The minimum atomic E-state index is -0.959. The fraction of sp³-hybridized carbons (Fsp3) is 0.294. The fourth-order valence-electron chi connectivity index (χ4n) is 2.31. The minimum Gasteiger partial charge on any atom is -0.464 e. The molecule has 0 atom stereocenters. The molecule has 1 aliphatic rings. The van der Waals surface area contributed by atoms with Gasteiger partial charge in [-0.15, -0.1) is 0 Å². The van der Waals surface area contributed by atoms with Gasteiger partial charge in [-0.25, -0.2) is 4.39 Å². The largest absolute Gasteiger partial charge is 0.464 e. The van der Waals surface area contributed by atoms with Crippen LogP contribution in [0, 0.1) is 11.2 Å². The molecule has 0 unspecified atom stereocenters. The Kier molecular flexibility index (Phi) is 4.35. The first-order chi connectivity index (χ1) is 11.5. The van der Waals surface area contributed by atoms with Gasteiger partial charge in [0.15, 0.2) is 0 Å².